The molecule has 0 spiro atoms. The van der Waals surface area contributed by atoms with Crippen molar-refractivity contribution in [1.82, 2.24) is 0 Å². The first-order valence-corrected chi connectivity index (χ1v) is 3.87. The van der Waals surface area contributed by atoms with E-state index in [0.717, 1.165) is 18.1 Å². The number of aldehydes is 1. The number of rotatable bonds is 2. The molecular formula is C8H12O. The van der Waals surface area contributed by atoms with Crippen molar-refractivity contribution < 1.29 is 4.79 Å². The van der Waals surface area contributed by atoms with Gasteiger partial charge in [-0.25, -0.2) is 0 Å². The predicted molar refractivity (Wildman–Crippen MR) is 35.0 cm³/mol. The molecule has 0 aliphatic heterocycles. The SMILES string of the molecule is O=C[C@@H]1C[C@@H]1C1CCC1. The Labute approximate surface area is 55.4 Å². The summed E-state index contributed by atoms with van der Waals surface area (Å²) in [4.78, 5) is 10.2. The highest BCUT2D eigenvalue weighted by atomic mass is 16.1. The fourth-order valence-electron chi connectivity index (χ4n) is 1.80. The van der Waals surface area contributed by atoms with Gasteiger partial charge in [-0.05, 0) is 18.3 Å². The molecule has 0 aromatic heterocycles. The first-order valence-electron chi connectivity index (χ1n) is 3.87. The van der Waals surface area contributed by atoms with E-state index >= 15 is 0 Å². The van der Waals surface area contributed by atoms with Gasteiger partial charge in [0.25, 0.3) is 0 Å². The first kappa shape index (κ1) is 5.45. The number of hydrogen-bond acceptors (Lipinski definition) is 1. The van der Waals surface area contributed by atoms with Gasteiger partial charge in [0.15, 0.2) is 0 Å². The first-order chi connectivity index (χ1) is 4.42. The molecule has 0 bridgehead atoms. The Balaban J connectivity index is 1.82. The maximum absolute atomic E-state index is 10.2. The van der Waals surface area contributed by atoms with Gasteiger partial charge in [0, 0.05) is 5.92 Å². The van der Waals surface area contributed by atoms with Crippen LogP contribution in [0, 0.1) is 17.8 Å². The van der Waals surface area contributed by atoms with Crippen molar-refractivity contribution in [3.05, 3.63) is 0 Å². The molecule has 0 amide bonds. The third-order valence-electron chi connectivity index (χ3n) is 2.82. The van der Waals surface area contributed by atoms with Crippen molar-refractivity contribution in [2.24, 2.45) is 17.8 Å². The molecule has 50 valence electrons. The molecule has 0 saturated heterocycles. The fraction of sp³-hybridized carbons (Fsp3) is 0.875. The number of carbonyl (C=O) groups excluding carboxylic acids is 1. The molecule has 0 aromatic carbocycles. The largest absolute Gasteiger partial charge is 0.303 e. The second-order valence-electron chi connectivity index (χ2n) is 3.39. The van der Waals surface area contributed by atoms with E-state index < -0.39 is 0 Å². The average molecular weight is 124 g/mol. The lowest BCUT2D eigenvalue weighted by molar-refractivity contribution is -0.109. The van der Waals surface area contributed by atoms with Crippen LogP contribution in [0.25, 0.3) is 0 Å². The highest BCUT2D eigenvalue weighted by Gasteiger charge is 2.44. The van der Waals surface area contributed by atoms with Gasteiger partial charge in [-0.15, -0.1) is 0 Å². The molecule has 1 heteroatoms. The van der Waals surface area contributed by atoms with Crippen molar-refractivity contribution >= 4 is 6.29 Å². The van der Waals surface area contributed by atoms with Gasteiger partial charge in [0.2, 0.25) is 0 Å². The minimum Gasteiger partial charge on any atom is -0.303 e. The van der Waals surface area contributed by atoms with Crippen molar-refractivity contribution in [2.45, 2.75) is 25.7 Å². The third-order valence-corrected chi connectivity index (χ3v) is 2.82. The summed E-state index contributed by atoms with van der Waals surface area (Å²) in [7, 11) is 0. The summed E-state index contributed by atoms with van der Waals surface area (Å²) < 4.78 is 0. The number of hydrogen-bond donors (Lipinski definition) is 0. The van der Waals surface area contributed by atoms with Gasteiger partial charge in [-0.3, -0.25) is 0 Å². The maximum Gasteiger partial charge on any atom is 0.123 e. The number of carbonyl (C=O) groups is 1. The standard InChI is InChI=1S/C8H12O/c9-5-7-4-8(7)6-2-1-3-6/h5-8H,1-4H2/t7-,8+/m0/s1. The summed E-state index contributed by atoms with van der Waals surface area (Å²) in [5.74, 6) is 2.23. The molecular weight excluding hydrogens is 112 g/mol. The van der Waals surface area contributed by atoms with Crippen LogP contribution in [0.15, 0.2) is 0 Å². The highest BCUT2D eigenvalue weighted by molar-refractivity contribution is 5.58. The molecule has 0 radical (unpaired) electrons. The van der Waals surface area contributed by atoms with E-state index in [4.69, 9.17) is 0 Å². The van der Waals surface area contributed by atoms with Crippen molar-refractivity contribution in [3.8, 4) is 0 Å². The molecule has 0 aromatic rings. The Hall–Kier alpha value is -0.330. The van der Waals surface area contributed by atoms with Crippen LogP contribution in [0.4, 0.5) is 0 Å². The molecule has 0 N–H and O–H groups in total. The van der Waals surface area contributed by atoms with E-state index in [-0.39, 0.29) is 0 Å². The normalized spacial score (nSPS) is 41.8. The van der Waals surface area contributed by atoms with Crippen molar-refractivity contribution in [2.75, 3.05) is 0 Å². The summed E-state index contributed by atoms with van der Waals surface area (Å²) >= 11 is 0. The van der Waals surface area contributed by atoms with Crippen LogP contribution < -0.4 is 0 Å². The lowest BCUT2D eigenvalue weighted by Gasteiger charge is -2.24. The van der Waals surface area contributed by atoms with E-state index in [2.05, 4.69) is 0 Å². The summed E-state index contributed by atoms with van der Waals surface area (Å²) in [6.07, 6.45) is 6.55. The summed E-state index contributed by atoms with van der Waals surface area (Å²) in [6.45, 7) is 0. The molecule has 9 heavy (non-hydrogen) atoms. The molecule has 2 atom stereocenters. The Morgan fingerprint density at radius 1 is 1.33 bits per heavy atom. The predicted octanol–water partition coefficient (Wildman–Crippen LogP) is 1.62. The highest BCUT2D eigenvalue weighted by Crippen LogP contribution is 2.50. The molecule has 2 rings (SSSR count). The van der Waals surface area contributed by atoms with Gasteiger partial charge in [0.05, 0.1) is 0 Å². The van der Waals surface area contributed by atoms with Gasteiger partial charge in [-0.1, -0.05) is 19.3 Å². The zero-order valence-electron chi connectivity index (χ0n) is 5.55. The Morgan fingerprint density at radius 3 is 2.44 bits per heavy atom. The van der Waals surface area contributed by atoms with Crippen LogP contribution in [0.3, 0.4) is 0 Å². The van der Waals surface area contributed by atoms with Crippen LogP contribution in [-0.2, 0) is 4.79 Å². The summed E-state index contributed by atoms with van der Waals surface area (Å²) in [5, 5.41) is 0. The zero-order valence-corrected chi connectivity index (χ0v) is 5.55. The Bertz CT molecular complexity index is 127. The van der Waals surface area contributed by atoms with E-state index in [1.165, 1.54) is 25.7 Å². The Morgan fingerprint density at radius 2 is 2.11 bits per heavy atom. The minimum atomic E-state index is 0.468. The van der Waals surface area contributed by atoms with E-state index in [0.29, 0.717) is 5.92 Å². The van der Waals surface area contributed by atoms with Crippen LogP contribution in [0.2, 0.25) is 0 Å². The van der Waals surface area contributed by atoms with Gasteiger partial charge >= 0.3 is 0 Å². The van der Waals surface area contributed by atoms with Crippen molar-refractivity contribution in [1.29, 1.82) is 0 Å². The molecule has 2 fully saturated rings. The molecule has 1 nitrogen and oxygen atoms in total. The topological polar surface area (TPSA) is 17.1 Å². The second-order valence-corrected chi connectivity index (χ2v) is 3.39. The van der Waals surface area contributed by atoms with Crippen LogP contribution in [0.1, 0.15) is 25.7 Å². The van der Waals surface area contributed by atoms with Gasteiger partial charge in [0.1, 0.15) is 6.29 Å². The second kappa shape index (κ2) is 1.83. The lowest BCUT2D eigenvalue weighted by atomic mass is 9.81. The van der Waals surface area contributed by atoms with Gasteiger partial charge in [-0.2, -0.15) is 0 Å². The maximum atomic E-state index is 10.2. The lowest BCUT2D eigenvalue weighted by Crippen LogP contribution is -2.14. The minimum absolute atomic E-state index is 0.468. The smallest absolute Gasteiger partial charge is 0.123 e. The van der Waals surface area contributed by atoms with E-state index in [9.17, 15) is 4.79 Å². The quantitative estimate of drug-likeness (QED) is 0.511. The fourth-order valence-corrected chi connectivity index (χ4v) is 1.80. The van der Waals surface area contributed by atoms with Crippen LogP contribution >= 0.6 is 0 Å². The Kier molecular flexibility index (Phi) is 1.11. The van der Waals surface area contributed by atoms with Gasteiger partial charge < -0.3 is 4.79 Å². The molecule has 2 aliphatic carbocycles. The van der Waals surface area contributed by atoms with Crippen LogP contribution in [-0.4, -0.2) is 6.29 Å². The molecule has 0 unspecified atom stereocenters. The molecule has 2 aliphatic rings. The zero-order chi connectivity index (χ0) is 6.27. The summed E-state index contributed by atoms with van der Waals surface area (Å²) in [6, 6.07) is 0. The molecule has 2 saturated carbocycles. The van der Waals surface area contributed by atoms with Crippen LogP contribution in [0.5, 0.6) is 0 Å². The third kappa shape index (κ3) is 0.790. The van der Waals surface area contributed by atoms with E-state index in [1.54, 1.807) is 0 Å². The average Bonchev–Trinajstić information content (AvgIpc) is 2.42. The monoisotopic (exact) mass is 124 g/mol. The molecule has 0 heterocycles. The summed E-state index contributed by atoms with van der Waals surface area (Å²) in [5.41, 5.74) is 0. The van der Waals surface area contributed by atoms with E-state index in [1.807, 2.05) is 0 Å². The van der Waals surface area contributed by atoms with Crippen molar-refractivity contribution in [3.63, 3.8) is 0 Å².